The summed E-state index contributed by atoms with van der Waals surface area (Å²) in [5.41, 5.74) is 1.10. The number of anilines is 1. The van der Waals surface area contributed by atoms with Crippen molar-refractivity contribution in [3.63, 3.8) is 0 Å². The number of halogens is 1. The summed E-state index contributed by atoms with van der Waals surface area (Å²) in [5, 5.41) is 0. The van der Waals surface area contributed by atoms with Gasteiger partial charge in [0.1, 0.15) is 17.6 Å². The van der Waals surface area contributed by atoms with Crippen molar-refractivity contribution in [1.29, 1.82) is 0 Å². The summed E-state index contributed by atoms with van der Waals surface area (Å²) in [4.78, 5) is 41.9. The minimum Gasteiger partial charge on any atom is -0.484 e. The number of carbonyl (C=O) groups excluding carboxylic acids is 3. The second-order valence-corrected chi connectivity index (χ2v) is 7.75. The molecule has 4 rings (SSSR count). The van der Waals surface area contributed by atoms with E-state index in [9.17, 15) is 18.8 Å². The van der Waals surface area contributed by atoms with Crippen molar-refractivity contribution in [2.75, 3.05) is 11.5 Å². The van der Waals surface area contributed by atoms with E-state index in [1.54, 1.807) is 24.3 Å². The van der Waals surface area contributed by atoms with E-state index in [1.807, 2.05) is 43.3 Å². The Balaban J connectivity index is 1.62. The Labute approximate surface area is 191 Å². The van der Waals surface area contributed by atoms with E-state index in [1.165, 1.54) is 29.2 Å². The Morgan fingerprint density at radius 3 is 2.24 bits per heavy atom. The standard InChI is InChI=1S/C26H23FN2O4/c1-18(19-8-4-2-5-9-19)28(25(31)17-33-22-10-6-3-7-11-22)23-16-24(30)29(26(23)32)21-14-12-20(27)13-15-21/h2-15,18,23H,16-17H2,1H3. The van der Waals surface area contributed by atoms with Crippen LogP contribution in [0.2, 0.25) is 0 Å². The van der Waals surface area contributed by atoms with Gasteiger partial charge in [0.25, 0.3) is 11.8 Å². The topological polar surface area (TPSA) is 66.9 Å². The van der Waals surface area contributed by atoms with E-state index in [4.69, 9.17) is 4.74 Å². The summed E-state index contributed by atoms with van der Waals surface area (Å²) in [5.74, 6) is -1.33. The first-order valence-corrected chi connectivity index (χ1v) is 10.6. The first-order valence-electron chi connectivity index (χ1n) is 10.6. The van der Waals surface area contributed by atoms with Gasteiger partial charge in [-0.25, -0.2) is 9.29 Å². The van der Waals surface area contributed by atoms with E-state index in [0.717, 1.165) is 10.5 Å². The largest absolute Gasteiger partial charge is 0.484 e. The molecule has 1 aliphatic heterocycles. The molecule has 3 amide bonds. The van der Waals surface area contributed by atoms with Gasteiger partial charge in [-0.2, -0.15) is 0 Å². The van der Waals surface area contributed by atoms with Crippen LogP contribution in [-0.2, 0) is 14.4 Å². The SMILES string of the molecule is CC(c1ccccc1)N(C(=O)COc1ccccc1)C1CC(=O)N(c2ccc(F)cc2)C1=O. The third-order valence-corrected chi connectivity index (χ3v) is 5.64. The third kappa shape index (κ3) is 4.77. The highest BCUT2D eigenvalue weighted by atomic mass is 19.1. The summed E-state index contributed by atoms with van der Waals surface area (Å²) >= 11 is 0. The molecule has 33 heavy (non-hydrogen) atoms. The lowest BCUT2D eigenvalue weighted by Crippen LogP contribution is -2.48. The number of benzene rings is 3. The Hall–Kier alpha value is -4.00. The van der Waals surface area contributed by atoms with Crippen LogP contribution in [0, 0.1) is 5.82 Å². The van der Waals surface area contributed by atoms with E-state index in [-0.39, 0.29) is 18.7 Å². The molecular weight excluding hydrogens is 423 g/mol. The molecule has 168 valence electrons. The highest BCUT2D eigenvalue weighted by Gasteiger charge is 2.46. The molecule has 6 nitrogen and oxygen atoms in total. The van der Waals surface area contributed by atoms with Crippen molar-refractivity contribution in [1.82, 2.24) is 4.90 Å². The zero-order chi connectivity index (χ0) is 23.4. The fourth-order valence-corrected chi connectivity index (χ4v) is 3.98. The van der Waals surface area contributed by atoms with Gasteiger partial charge in [-0.1, -0.05) is 48.5 Å². The van der Waals surface area contributed by atoms with Gasteiger partial charge in [0.2, 0.25) is 5.91 Å². The molecule has 0 radical (unpaired) electrons. The maximum absolute atomic E-state index is 13.3. The lowest BCUT2D eigenvalue weighted by atomic mass is 10.0. The molecule has 3 aromatic carbocycles. The smallest absolute Gasteiger partial charge is 0.261 e. The molecule has 2 atom stereocenters. The van der Waals surface area contributed by atoms with Gasteiger partial charge in [-0.05, 0) is 48.9 Å². The van der Waals surface area contributed by atoms with Crippen LogP contribution in [0.15, 0.2) is 84.9 Å². The number of rotatable bonds is 7. The summed E-state index contributed by atoms with van der Waals surface area (Å²) < 4.78 is 19.0. The number of nitrogens with zero attached hydrogens (tertiary/aromatic N) is 2. The monoisotopic (exact) mass is 446 g/mol. The molecule has 1 fully saturated rings. The first kappa shape index (κ1) is 22.2. The molecule has 0 N–H and O–H groups in total. The van der Waals surface area contributed by atoms with Crippen LogP contribution in [0.25, 0.3) is 0 Å². The zero-order valence-corrected chi connectivity index (χ0v) is 18.1. The second kappa shape index (κ2) is 9.65. The van der Waals surface area contributed by atoms with Gasteiger partial charge in [-0.3, -0.25) is 14.4 Å². The molecule has 0 saturated carbocycles. The van der Waals surface area contributed by atoms with Gasteiger partial charge in [0, 0.05) is 0 Å². The van der Waals surface area contributed by atoms with Crippen molar-refractivity contribution < 1.29 is 23.5 Å². The molecule has 2 unspecified atom stereocenters. The molecule has 1 aliphatic rings. The number of carbonyl (C=O) groups is 3. The maximum Gasteiger partial charge on any atom is 0.261 e. The van der Waals surface area contributed by atoms with Crippen LogP contribution in [0.1, 0.15) is 24.9 Å². The molecule has 0 bridgehead atoms. The van der Waals surface area contributed by atoms with Crippen LogP contribution in [0.4, 0.5) is 10.1 Å². The van der Waals surface area contributed by atoms with E-state index >= 15 is 0 Å². The van der Waals surface area contributed by atoms with Crippen LogP contribution < -0.4 is 9.64 Å². The average Bonchev–Trinajstić information content (AvgIpc) is 3.13. The summed E-state index contributed by atoms with van der Waals surface area (Å²) in [6, 6.07) is 21.8. The van der Waals surface area contributed by atoms with Crippen LogP contribution in [-0.4, -0.2) is 35.3 Å². The van der Waals surface area contributed by atoms with E-state index in [0.29, 0.717) is 5.75 Å². The maximum atomic E-state index is 13.3. The number of hydrogen-bond donors (Lipinski definition) is 0. The van der Waals surface area contributed by atoms with Crippen LogP contribution >= 0.6 is 0 Å². The normalized spacial score (nSPS) is 16.5. The molecular formula is C26H23FN2O4. The Bertz CT molecular complexity index is 1140. The molecule has 7 heteroatoms. The van der Waals surface area contributed by atoms with Crippen molar-refractivity contribution in [2.24, 2.45) is 0 Å². The Kier molecular flexibility index (Phi) is 6.49. The van der Waals surface area contributed by atoms with Crippen molar-refractivity contribution in [3.05, 3.63) is 96.3 Å². The minimum atomic E-state index is -0.996. The molecule has 0 aliphatic carbocycles. The fourth-order valence-electron chi connectivity index (χ4n) is 3.98. The first-order chi connectivity index (χ1) is 16.0. The second-order valence-electron chi connectivity index (χ2n) is 7.75. The van der Waals surface area contributed by atoms with Gasteiger partial charge < -0.3 is 9.64 Å². The van der Waals surface area contributed by atoms with E-state index < -0.39 is 35.6 Å². The van der Waals surface area contributed by atoms with Gasteiger partial charge in [0.05, 0.1) is 18.2 Å². The summed E-state index contributed by atoms with van der Waals surface area (Å²) in [6.07, 6.45) is -0.162. The number of ether oxygens (including phenoxy) is 1. The quantitative estimate of drug-likeness (QED) is 0.512. The Morgan fingerprint density at radius 2 is 1.61 bits per heavy atom. The van der Waals surface area contributed by atoms with Gasteiger partial charge in [0.15, 0.2) is 6.61 Å². The summed E-state index contributed by atoms with van der Waals surface area (Å²) in [7, 11) is 0. The Morgan fingerprint density at radius 1 is 1.00 bits per heavy atom. The van der Waals surface area contributed by atoms with Crippen molar-refractivity contribution >= 4 is 23.4 Å². The fraction of sp³-hybridized carbons (Fsp3) is 0.192. The predicted molar refractivity (Wildman–Crippen MR) is 121 cm³/mol. The lowest BCUT2D eigenvalue weighted by Gasteiger charge is -2.33. The lowest BCUT2D eigenvalue weighted by molar-refractivity contribution is -0.142. The molecule has 0 spiro atoms. The van der Waals surface area contributed by atoms with Gasteiger partial charge in [-0.15, -0.1) is 0 Å². The van der Waals surface area contributed by atoms with E-state index in [2.05, 4.69) is 0 Å². The third-order valence-electron chi connectivity index (χ3n) is 5.64. The molecule has 1 saturated heterocycles. The summed E-state index contributed by atoms with van der Waals surface area (Å²) in [6.45, 7) is 1.53. The number of amides is 3. The number of para-hydroxylation sites is 1. The zero-order valence-electron chi connectivity index (χ0n) is 18.1. The van der Waals surface area contributed by atoms with Gasteiger partial charge >= 0.3 is 0 Å². The predicted octanol–water partition coefficient (Wildman–Crippen LogP) is 4.13. The van der Waals surface area contributed by atoms with Crippen molar-refractivity contribution in [2.45, 2.75) is 25.4 Å². The van der Waals surface area contributed by atoms with Crippen LogP contribution in [0.3, 0.4) is 0 Å². The number of hydrogen-bond acceptors (Lipinski definition) is 4. The highest BCUT2D eigenvalue weighted by molar-refractivity contribution is 6.23. The molecule has 1 heterocycles. The molecule has 3 aromatic rings. The minimum absolute atomic E-state index is 0.162. The van der Waals surface area contributed by atoms with Crippen LogP contribution in [0.5, 0.6) is 5.75 Å². The average molecular weight is 446 g/mol. The molecule has 0 aromatic heterocycles. The number of imide groups is 1. The van der Waals surface area contributed by atoms with Crippen molar-refractivity contribution in [3.8, 4) is 5.75 Å². The highest BCUT2D eigenvalue weighted by Crippen LogP contribution is 2.31.